The number of nitrogens with one attached hydrogen (secondary N) is 5. The molecule has 0 aliphatic carbocycles. The number of carboxylic acids is 3. The van der Waals surface area contributed by atoms with Gasteiger partial charge in [-0.05, 0) is 79.4 Å². The highest BCUT2D eigenvalue weighted by atomic mass is 32.3. The molecule has 0 aliphatic rings. The molecule has 3 aromatic carbocycles. The number of carboxylic acid groups (broad SMARTS) is 3. The molecule has 0 aliphatic heterocycles. The van der Waals surface area contributed by atoms with Crippen LogP contribution in [0.15, 0.2) is 147 Å². The van der Waals surface area contributed by atoms with Crippen LogP contribution in [0.1, 0.15) is 86.6 Å². The van der Waals surface area contributed by atoms with Gasteiger partial charge in [0.15, 0.2) is 17.8 Å². The molecule has 0 fully saturated rings. The number of aliphatic carboxylic acids is 3. The Morgan fingerprint density at radius 1 is 0.523 bits per heavy atom. The summed E-state index contributed by atoms with van der Waals surface area (Å²) in [5.74, 6) is -16.4. The number of thioether (sulfide) groups is 1. The molecule has 25 N–H and O–H groups in total. The molecule has 42 heteroatoms. The number of H-pyrrole nitrogens is 1. The van der Waals surface area contributed by atoms with Crippen LogP contribution in [0.5, 0.6) is 5.75 Å². The predicted octanol–water partition coefficient (Wildman–Crippen LogP) is 5.14. The lowest BCUT2D eigenvalue weighted by atomic mass is 10.0. The lowest BCUT2D eigenvalue weighted by Gasteiger charge is -2.19. The lowest BCUT2D eigenvalue weighted by Crippen LogP contribution is -2.34. The van der Waals surface area contributed by atoms with Gasteiger partial charge in [-0.2, -0.15) is 20.2 Å². The van der Waals surface area contributed by atoms with Crippen LogP contribution in [0.3, 0.4) is 0 Å². The van der Waals surface area contributed by atoms with Crippen LogP contribution in [0.25, 0.3) is 0 Å². The van der Waals surface area contributed by atoms with Crippen molar-refractivity contribution < 1.29 is 108 Å². The molecular weight excluding hydrogens is 1450 g/mol. The molecule has 0 amide bonds. The van der Waals surface area contributed by atoms with E-state index in [1.165, 1.54) is 36.4 Å². The summed E-state index contributed by atoms with van der Waals surface area (Å²) in [6, 6.07) is 4.77. The average molecular weight is 1540 g/mol. The topological polar surface area (TPSA) is 706 Å². The summed E-state index contributed by atoms with van der Waals surface area (Å²) in [6.45, 7) is -0.871. The second kappa shape index (κ2) is 44.8. The number of nitrogens with two attached hydrogens (primary N) is 2. The number of carbonyl (C=O) groups is 3. The van der Waals surface area contributed by atoms with Crippen molar-refractivity contribution in [2.45, 2.75) is 150 Å². The van der Waals surface area contributed by atoms with Crippen molar-refractivity contribution in [1.82, 2.24) is 15.3 Å². The normalized spacial score (nSPS) is 16.3. The number of benzene rings is 3. The number of aliphatic hydroxyl groups excluding tert-OH is 12. The monoisotopic (exact) mass is 1540 g/mol. The second-order valence-electron chi connectivity index (χ2n) is 23.5. The fourth-order valence-corrected chi connectivity index (χ4v) is 10.4. The summed E-state index contributed by atoms with van der Waals surface area (Å²) in [4.78, 5) is 83.7. The highest BCUT2D eigenvalue weighted by molar-refractivity contribution is 7.98. The Morgan fingerprint density at radius 3 is 1.43 bits per heavy atom. The Morgan fingerprint density at radius 2 is 0.953 bits per heavy atom. The second-order valence-corrected chi connectivity index (χ2v) is 25.5. The first-order chi connectivity index (χ1) is 50.6. The number of aromatic amines is 1. The zero-order valence-electron chi connectivity index (χ0n) is 57.5. The van der Waals surface area contributed by atoms with Crippen molar-refractivity contribution in [1.29, 1.82) is 16.2 Å². The summed E-state index contributed by atoms with van der Waals surface area (Å²) < 4.78 is 36.8. The number of hydrogen-bond donors (Lipinski definition) is 23. The van der Waals surface area contributed by atoms with Gasteiger partial charge >= 0.3 is 28.3 Å². The first-order valence-electron chi connectivity index (χ1n) is 32.5. The average Bonchev–Trinajstić information content (AvgIpc) is 1.10. The number of aliphatic hydroxyl groups is 12. The minimum absolute atomic E-state index is 0.0130. The summed E-state index contributed by atoms with van der Waals surface area (Å²) in [6.07, 6.45) is -1.24. The molecular formula is C65H88N18O22S2. The van der Waals surface area contributed by atoms with Gasteiger partial charge in [0.1, 0.15) is 66.7 Å². The Balaban J connectivity index is 1.87. The number of aromatic nitrogens is 2. The molecule has 10 atom stereocenters. The van der Waals surface area contributed by atoms with E-state index in [0.717, 1.165) is 12.1 Å². The van der Waals surface area contributed by atoms with Crippen LogP contribution in [-0.2, 0) is 50.5 Å². The van der Waals surface area contributed by atoms with Gasteiger partial charge in [-0.1, -0.05) is 72.8 Å². The standard InChI is InChI=1S/C65H88N18O22S2/c1-106-26-24-44(61(98)77-41(13-8-25-72-65(69)70)58(95)80-45(55(68)92)27-35-9-4-2-5-10-35)79-63(100)48(30-38-32-71-34-74-38)75-51(85)33-73-57(94)46(29-37-14-16-39(17-15-37)105-107(102,103)104)81-64(101)49(31-54(90)91)83-60(97)43(20-23-53(88)89)78-62(99)47(28-36-11-6-3-7-12-36)82-59(96)42(19-21-50(67)84)76-56(93)40(66)18-22-52(86)87/h2-7,9-12,14-17,32,34,40-49H,8,13,18-31,33,66H2,1H3,(H2,67,84)(H2,68,92)(H,71,74)(H,73,94)(H,75,85)(H,76,93)(H,77,98)(H,78,99)(H,79,100)(H,80,95)(H,81,101)(H,82,96)(H,83,97)(H,86,87)(H,88,89)(H,90,91)(H4,69,70,72)(H,102,103,104)/t40-,41-,42-,43-,44-,45-,46-,47-,48-,49-/m0/s1. The largest absolute Gasteiger partial charge is 0.497 e. The third-order valence-corrected chi connectivity index (χ3v) is 16.0. The van der Waals surface area contributed by atoms with E-state index in [0.29, 0.717) is 16.8 Å². The van der Waals surface area contributed by atoms with Crippen LogP contribution in [-0.4, -0.2) is 280 Å². The quantitative estimate of drug-likeness (QED) is 0.0118. The number of imidazole rings is 1. The molecule has 582 valence electrons. The highest BCUT2D eigenvalue weighted by Gasteiger charge is 2.31. The van der Waals surface area contributed by atoms with E-state index in [1.54, 1.807) is 66.9 Å². The maximum atomic E-state index is 12.5. The van der Waals surface area contributed by atoms with Gasteiger partial charge < -0.3 is 103 Å². The summed E-state index contributed by atoms with van der Waals surface area (Å²) >= 11 is 1.32. The van der Waals surface area contributed by atoms with E-state index in [1.807, 2.05) is 0 Å². The van der Waals surface area contributed by atoms with E-state index in [4.69, 9.17) is 32.8 Å². The first-order valence-corrected chi connectivity index (χ1v) is 35.3. The van der Waals surface area contributed by atoms with Crippen LogP contribution in [0.2, 0.25) is 0 Å². The maximum absolute atomic E-state index is 12.5. The number of aliphatic imine (C=N–C) groups is 10. The van der Waals surface area contributed by atoms with Gasteiger partial charge in [-0.3, -0.25) is 35.2 Å². The maximum Gasteiger partial charge on any atom is 0.446 e. The minimum atomic E-state index is -5.03. The van der Waals surface area contributed by atoms with Gasteiger partial charge in [0.05, 0.1) is 18.8 Å². The van der Waals surface area contributed by atoms with Crippen molar-refractivity contribution >= 4 is 117 Å². The molecule has 0 spiro atoms. The molecule has 0 saturated carbocycles. The van der Waals surface area contributed by atoms with Crippen molar-refractivity contribution in [3.8, 4) is 5.75 Å². The molecule has 0 bridgehead atoms. The van der Waals surface area contributed by atoms with Gasteiger partial charge in [0.25, 0.3) is 0 Å². The predicted molar refractivity (Wildman–Crippen MR) is 401 cm³/mol. The van der Waals surface area contributed by atoms with Gasteiger partial charge in [0.2, 0.25) is 59.0 Å². The Labute approximate surface area is 616 Å². The fourth-order valence-electron chi connectivity index (χ4n) is 9.60. The zero-order chi connectivity index (χ0) is 79.3. The van der Waals surface area contributed by atoms with Crippen LogP contribution in [0.4, 0.5) is 0 Å². The van der Waals surface area contributed by atoms with Gasteiger partial charge in [-0.25, -0.2) is 54.9 Å². The highest BCUT2D eigenvalue weighted by Crippen LogP contribution is 2.21. The van der Waals surface area contributed by atoms with Crippen molar-refractivity contribution in [2.75, 3.05) is 25.1 Å². The molecule has 0 radical (unpaired) electrons. The molecule has 107 heavy (non-hydrogen) atoms. The number of hydrogen-bond acceptors (Lipinski definition) is 22. The molecule has 1 aromatic heterocycles. The Bertz CT molecular complexity index is 4030. The smallest absolute Gasteiger partial charge is 0.446 e. The van der Waals surface area contributed by atoms with Gasteiger partial charge in [0, 0.05) is 63.4 Å². The summed E-state index contributed by atoms with van der Waals surface area (Å²) in [5, 5.41) is 190. The molecule has 0 saturated heterocycles. The first kappa shape index (κ1) is 87.6. The summed E-state index contributed by atoms with van der Waals surface area (Å²) in [7, 11) is -5.03. The third-order valence-electron chi connectivity index (χ3n) is 15.0. The third kappa shape index (κ3) is 34.1. The molecule has 40 nitrogen and oxygen atoms in total. The van der Waals surface area contributed by atoms with E-state index < -0.39 is 217 Å². The Kier molecular flexibility index (Phi) is 36.7. The summed E-state index contributed by atoms with van der Waals surface area (Å²) in [5.41, 5.74) is 12.9. The molecule has 1 heterocycles. The number of nitrogens with zero attached hydrogens (tertiary/aromatic N) is 11. The van der Waals surface area contributed by atoms with Crippen molar-refractivity contribution in [3.05, 3.63) is 120 Å². The zero-order valence-corrected chi connectivity index (χ0v) is 59.2. The molecule has 4 rings (SSSR count). The van der Waals surface area contributed by atoms with E-state index in [9.17, 15) is 98.8 Å². The SMILES string of the molecule is CSCC[C@H](N=C(O)[C@H](Cc1cnc[nH]1)N=C(O)CN=C(O)[C@H](Cc1ccc(OS(=O)(=O)O)cc1)N=C(O)[C@H](CC(=O)O)N=C(O)[C@H](CCC(=O)O)N=C(O)[C@H](Cc1ccccc1)N=C(O)[C@H](CCC(=N)O)N=C(O)[C@@H](N)CCC(=O)O)C(O)=N[C@@H](CCCNC(=N)N)C(O)=N[C@@H](Cc1ccccc1)C(=N)O. The number of guanidine groups is 1. The fraction of sp³-hybridized carbons (Fsp3) is 0.431. The van der Waals surface area contributed by atoms with E-state index in [2.05, 4.69) is 69.4 Å². The van der Waals surface area contributed by atoms with Crippen molar-refractivity contribution in [3.63, 3.8) is 0 Å². The minimum Gasteiger partial charge on any atom is -0.497 e. The molecule has 0 unspecified atom stereocenters. The molecule has 4 aromatic rings. The van der Waals surface area contributed by atoms with E-state index in [-0.39, 0.29) is 68.8 Å². The number of rotatable bonds is 49. The lowest BCUT2D eigenvalue weighted by molar-refractivity contribution is -0.138. The van der Waals surface area contributed by atoms with Crippen LogP contribution < -0.4 is 21.0 Å². The Hall–Kier alpha value is -11.8. The van der Waals surface area contributed by atoms with Crippen LogP contribution >= 0.6 is 11.8 Å². The van der Waals surface area contributed by atoms with Gasteiger partial charge in [-0.15, -0.1) is 0 Å². The van der Waals surface area contributed by atoms with E-state index >= 15 is 0 Å². The van der Waals surface area contributed by atoms with Crippen molar-refractivity contribution in [2.24, 2.45) is 61.4 Å². The van der Waals surface area contributed by atoms with Crippen LogP contribution in [0, 0.1) is 16.2 Å².